The lowest BCUT2D eigenvalue weighted by molar-refractivity contribution is -0.918. The van der Waals surface area contributed by atoms with Crippen molar-refractivity contribution in [2.75, 3.05) is 32.8 Å². The lowest BCUT2D eigenvalue weighted by Gasteiger charge is -2.32. The number of aryl methyl sites for hydroxylation is 1. The Balaban J connectivity index is 1.43. The molecule has 1 N–H and O–H groups in total. The van der Waals surface area contributed by atoms with Gasteiger partial charge in [-0.1, -0.05) is 18.2 Å². The molecule has 0 atom stereocenters. The van der Waals surface area contributed by atoms with Crippen LogP contribution < -0.4 is 9.64 Å². The Morgan fingerprint density at radius 3 is 2.52 bits per heavy atom. The van der Waals surface area contributed by atoms with Crippen LogP contribution in [0.15, 0.2) is 48.7 Å². The molecule has 0 bridgehead atoms. The summed E-state index contributed by atoms with van der Waals surface area (Å²) < 4.78 is 7.71. The topological polar surface area (TPSA) is 38.9 Å². The zero-order valence-corrected chi connectivity index (χ0v) is 13.6. The predicted molar refractivity (Wildman–Crippen MR) is 88.3 cm³/mol. The van der Waals surface area contributed by atoms with E-state index in [1.54, 1.807) is 0 Å². The molecule has 3 rings (SSSR count). The molecule has 0 unspecified atom stereocenters. The third-order valence-electron chi connectivity index (χ3n) is 4.41. The molecule has 2 aromatic rings. The molecule has 1 aliphatic heterocycles. The maximum absolute atomic E-state index is 12.2. The van der Waals surface area contributed by atoms with Crippen LogP contribution in [0.25, 0.3) is 0 Å². The van der Waals surface area contributed by atoms with E-state index in [1.165, 1.54) is 10.6 Å². The van der Waals surface area contributed by atoms with Gasteiger partial charge in [0.1, 0.15) is 12.3 Å². The number of aromatic nitrogens is 1. The Bertz CT molecular complexity index is 631. The average molecular weight is 314 g/mol. The van der Waals surface area contributed by atoms with Gasteiger partial charge in [0.2, 0.25) is 0 Å². The van der Waals surface area contributed by atoms with Crippen LogP contribution in [0, 0.1) is 0 Å². The quantitative estimate of drug-likeness (QED) is 0.864. The van der Waals surface area contributed by atoms with E-state index in [0.29, 0.717) is 0 Å². The van der Waals surface area contributed by atoms with Crippen molar-refractivity contribution in [2.45, 2.75) is 6.54 Å². The first-order chi connectivity index (χ1) is 11.2. The Morgan fingerprint density at radius 1 is 1.13 bits per heavy atom. The van der Waals surface area contributed by atoms with Crippen LogP contribution in [-0.2, 0) is 18.4 Å². The van der Waals surface area contributed by atoms with E-state index in [0.717, 1.165) is 38.5 Å². The largest absolute Gasteiger partial charge is 0.484 e. The van der Waals surface area contributed by atoms with Crippen molar-refractivity contribution in [2.24, 2.45) is 7.05 Å². The normalized spacial score (nSPS) is 15.6. The molecule has 1 amide bonds. The molecule has 23 heavy (non-hydrogen) atoms. The molecular weight excluding hydrogens is 290 g/mol. The van der Waals surface area contributed by atoms with Crippen LogP contribution in [-0.4, -0.2) is 48.2 Å². The lowest BCUT2D eigenvalue weighted by atomic mass is 10.3. The molecule has 1 aromatic carbocycles. The Labute approximate surface area is 137 Å². The number of para-hydroxylation sites is 1. The first-order valence-corrected chi connectivity index (χ1v) is 8.12. The minimum Gasteiger partial charge on any atom is -0.484 e. The van der Waals surface area contributed by atoms with Crippen molar-refractivity contribution < 1.29 is 14.4 Å². The molecule has 1 saturated heterocycles. The molecule has 0 spiro atoms. The molecule has 1 aromatic heterocycles. The van der Waals surface area contributed by atoms with Crippen LogP contribution in [0.1, 0.15) is 5.69 Å². The van der Waals surface area contributed by atoms with E-state index in [1.807, 2.05) is 35.2 Å². The van der Waals surface area contributed by atoms with Crippen molar-refractivity contribution in [3.8, 4) is 5.75 Å². The fourth-order valence-corrected chi connectivity index (χ4v) is 2.94. The number of nitrogens with zero attached hydrogens (tertiary/aromatic N) is 2. The number of amides is 1. The first kappa shape index (κ1) is 15.6. The van der Waals surface area contributed by atoms with E-state index in [2.05, 4.69) is 29.9 Å². The van der Waals surface area contributed by atoms with Crippen LogP contribution in [0.4, 0.5) is 0 Å². The van der Waals surface area contributed by atoms with Crippen LogP contribution in [0.5, 0.6) is 5.75 Å². The zero-order valence-electron chi connectivity index (χ0n) is 13.6. The second kappa shape index (κ2) is 7.33. The van der Waals surface area contributed by atoms with Gasteiger partial charge in [0.15, 0.2) is 6.61 Å². The molecule has 1 fully saturated rings. The third-order valence-corrected chi connectivity index (χ3v) is 4.41. The first-order valence-electron chi connectivity index (χ1n) is 8.12. The van der Waals surface area contributed by atoms with E-state index >= 15 is 0 Å². The maximum atomic E-state index is 12.2. The number of carbonyl (C=O) groups is 1. The van der Waals surface area contributed by atoms with Crippen LogP contribution in [0.3, 0.4) is 0 Å². The summed E-state index contributed by atoms with van der Waals surface area (Å²) in [6.45, 7) is 4.72. The molecule has 122 valence electrons. The minimum absolute atomic E-state index is 0.0757. The van der Waals surface area contributed by atoms with Crippen molar-refractivity contribution in [1.29, 1.82) is 0 Å². The number of benzene rings is 1. The van der Waals surface area contributed by atoms with Gasteiger partial charge in [0, 0.05) is 13.2 Å². The van der Waals surface area contributed by atoms with Crippen LogP contribution >= 0.6 is 0 Å². The van der Waals surface area contributed by atoms with Crippen molar-refractivity contribution in [3.05, 3.63) is 54.4 Å². The number of carbonyl (C=O) groups excluding carboxylic acids is 1. The van der Waals surface area contributed by atoms with Gasteiger partial charge in [-0.15, -0.1) is 0 Å². The SMILES string of the molecule is Cn1cccc1C[NH+]1CCN(C(=O)COc2ccccc2)CC1. The molecular formula is C18H24N3O2+. The standard InChI is InChI=1S/C18H23N3O2/c1-19-9-5-6-16(19)14-20-10-12-21(13-11-20)18(22)15-23-17-7-3-2-4-8-17/h2-9H,10-15H2,1H3/p+1. The zero-order chi connectivity index (χ0) is 16.1. The molecule has 1 aliphatic rings. The predicted octanol–water partition coefficient (Wildman–Crippen LogP) is 0.331. The summed E-state index contributed by atoms with van der Waals surface area (Å²) >= 11 is 0. The van der Waals surface area contributed by atoms with Gasteiger partial charge in [-0.3, -0.25) is 4.79 Å². The van der Waals surface area contributed by atoms with E-state index in [-0.39, 0.29) is 12.5 Å². The number of piperazine rings is 1. The number of hydrogen-bond acceptors (Lipinski definition) is 2. The fraction of sp³-hybridized carbons (Fsp3) is 0.389. The smallest absolute Gasteiger partial charge is 0.260 e. The molecule has 5 nitrogen and oxygen atoms in total. The van der Waals surface area contributed by atoms with Crippen molar-refractivity contribution in [3.63, 3.8) is 0 Å². The Kier molecular flexibility index (Phi) is 4.98. The summed E-state index contributed by atoms with van der Waals surface area (Å²) in [6, 6.07) is 13.7. The Morgan fingerprint density at radius 2 is 1.87 bits per heavy atom. The lowest BCUT2D eigenvalue weighted by Crippen LogP contribution is -3.13. The highest BCUT2D eigenvalue weighted by atomic mass is 16.5. The van der Waals surface area contributed by atoms with Gasteiger partial charge >= 0.3 is 0 Å². The molecule has 5 heteroatoms. The summed E-state index contributed by atoms with van der Waals surface area (Å²) in [5.74, 6) is 0.820. The van der Waals surface area contributed by atoms with Gasteiger partial charge in [-0.25, -0.2) is 0 Å². The van der Waals surface area contributed by atoms with Crippen molar-refractivity contribution in [1.82, 2.24) is 9.47 Å². The summed E-state index contributed by atoms with van der Waals surface area (Å²) in [5.41, 5.74) is 1.34. The van der Waals surface area contributed by atoms with E-state index in [4.69, 9.17) is 4.74 Å². The summed E-state index contributed by atoms with van der Waals surface area (Å²) in [5, 5.41) is 0. The van der Waals surface area contributed by atoms with Gasteiger partial charge in [0.25, 0.3) is 5.91 Å². The average Bonchev–Trinajstić information content (AvgIpc) is 2.99. The fourth-order valence-electron chi connectivity index (χ4n) is 2.94. The van der Waals surface area contributed by atoms with Gasteiger partial charge in [0.05, 0.1) is 31.9 Å². The number of hydrogen-bond donors (Lipinski definition) is 1. The highest BCUT2D eigenvalue weighted by Gasteiger charge is 2.24. The summed E-state index contributed by atoms with van der Waals surface area (Å²) in [7, 11) is 2.08. The number of nitrogens with one attached hydrogen (secondary N) is 1. The van der Waals surface area contributed by atoms with E-state index in [9.17, 15) is 4.79 Å². The minimum atomic E-state index is 0.0757. The third kappa shape index (κ3) is 4.13. The Hall–Kier alpha value is -2.27. The second-order valence-electron chi connectivity index (χ2n) is 6.02. The monoisotopic (exact) mass is 314 g/mol. The number of ether oxygens (including phenoxy) is 1. The summed E-state index contributed by atoms with van der Waals surface area (Å²) in [4.78, 5) is 15.7. The number of quaternary nitrogens is 1. The van der Waals surface area contributed by atoms with Crippen LogP contribution in [0.2, 0.25) is 0 Å². The highest BCUT2D eigenvalue weighted by Crippen LogP contribution is 2.08. The second-order valence-corrected chi connectivity index (χ2v) is 6.02. The summed E-state index contributed by atoms with van der Waals surface area (Å²) in [6.07, 6.45) is 2.08. The van der Waals surface area contributed by atoms with E-state index < -0.39 is 0 Å². The molecule has 0 saturated carbocycles. The molecule has 2 heterocycles. The molecule has 0 radical (unpaired) electrons. The van der Waals surface area contributed by atoms with Crippen molar-refractivity contribution >= 4 is 5.91 Å². The van der Waals surface area contributed by atoms with Gasteiger partial charge in [-0.05, 0) is 24.3 Å². The van der Waals surface area contributed by atoms with Gasteiger partial charge < -0.3 is 19.1 Å². The highest BCUT2D eigenvalue weighted by molar-refractivity contribution is 5.77. The van der Waals surface area contributed by atoms with Gasteiger partial charge in [-0.2, -0.15) is 0 Å². The number of rotatable bonds is 5. The maximum Gasteiger partial charge on any atom is 0.260 e. The molecule has 0 aliphatic carbocycles.